The molecule has 7 nitrogen and oxygen atoms in total. The summed E-state index contributed by atoms with van der Waals surface area (Å²) >= 11 is 13.5. The molecule has 0 radical (unpaired) electrons. The number of anilines is 1. The predicted molar refractivity (Wildman–Crippen MR) is 109 cm³/mol. The number of nitrogens with zero attached hydrogens (tertiary/aromatic N) is 2. The van der Waals surface area contributed by atoms with Crippen LogP contribution in [-0.2, 0) is 11.2 Å². The van der Waals surface area contributed by atoms with Crippen LogP contribution >= 0.6 is 34.5 Å². The van der Waals surface area contributed by atoms with Gasteiger partial charge in [0.2, 0.25) is 0 Å². The number of carbonyl (C=O) groups excluding carboxylic acids is 1. The minimum absolute atomic E-state index is 0.0491. The van der Waals surface area contributed by atoms with Crippen molar-refractivity contribution in [3.05, 3.63) is 79.3 Å². The van der Waals surface area contributed by atoms with Crippen molar-refractivity contribution in [2.75, 3.05) is 11.9 Å². The number of thiazole rings is 1. The first-order valence-corrected chi connectivity index (χ1v) is 9.53. The number of amides is 1. The molecule has 1 N–H and O–H groups in total. The maximum absolute atomic E-state index is 12.0. The average molecular weight is 438 g/mol. The molecular formula is C18H13Cl2N3O4S. The third-order valence-electron chi connectivity index (χ3n) is 3.59. The molecule has 0 saturated heterocycles. The Kier molecular flexibility index (Phi) is 6.45. The van der Waals surface area contributed by atoms with E-state index in [1.54, 1.807) is 24.4 Å². The van der Waals surface area contributed by atoms with Crippen molar-refractivity contribution in [2.24, 2.45) is 0 Å². The molecule has 0 aliphatic rings. The van der Waals surface area contributed by atoms with Gasteiger partial charge in [-0.2, -0.15) is 0 Å². The Hall–Kier alpha value is -2.68. The van der Waals surface area contributed by atoms with Crippen molar-refractivity contribution in [3.63, 3.8) is 0 Å². The third kappa shape index (κ3) is 5.41. The van der Waals surface area contributed by atoms with Crippen molar-refractivity contribution in [1.29, 1.82) is 0 Å². The molecule has 1 aromatic heterocycles. The standard InChI is InChI=1S/C18H13Cl2N3O4S/c19-12-1-6-16(20)11(7-12)8-15-9-21-18(28-15)22-17(24)10-27-14-4-2-13(3-5-14)23(25)26/h1-7,9H,8,10H2,(H,21,22,24). The fraction of sp³-hybridized carbons (Fsp3) is 0.111. The molecule has 2 aromatic carbocycles. The van der Waals surface area contributed by atoms with Gasteiger partial charge >= 0.3 is 0 Å². The molecule has 0 atom stereocenters. The van der Waals surface area contributed by atoms with E-state index in [0.717, 1.165) is 10.4 Å². The normalized spacial score (nSPS) is 10.5. The van der Waals surface area contributed by atoms with Crippen LogP contribution in [0.1, 0.15) is 10.4 Å². The van der Waals surface area contributed by atoms with Gasteiger partial charge in [0.05, 0.1) is 4.92 Å². The highest BCUT2D eigenvalue weighted by Crippen LogP contribution is 2.27. The van der Waals surface area contributed by atoms with Crippen molar-refractivity contribution in [1.82, 2.24) is 4.98 Å². The second kappa shape index (κ2) is 9.01. The lowest BCUT2D eigenvalue weighted by Crippen LogP contribution is -2.19. The van der Waals surface area contributed by atoms with Gasteiger partial charge < -0.3 is 4.74 Å². The predicted octanol–water partition coefficient (Wildman–Crippen LogP) is 4.97. The number of carbonyl (C=O) groups is 1. The van der Waals surface area contributed by atoms with E-state index in [1.165, 1.54) is 35.6 Å². The molecule has 0 unspecified atom stereocenters. The topological polar surface area (TPSA) is 94.4 Å². The maximum Gasteiger partial charge on any atom is 0.269 e. The maximum atomic E-state index is 12.0. The second-order valence-corrected chi connectivity index (χ2v) is 7.59. The molecule has 0 aliphatic carbocycles. The van der Waals surface area contributed by atoms with E-state index in [2.05, 4.69) is 10.3 Å². The number of aromatic nitrogens is 1. The largest absolute Gasteiger partial charge is 0.484 e. The average Bonchev–Trinajstić information content (AvgIpc) is 3.10. The minimum atomic E-state index is -0.507. The quantitative estimate of drug-likeness (QED) is 0.415. The van der Waals surface area contributed by atoms with E-state index in [9.17, 15) is 14.9 Å². The number of rotatable bonds is 7. The van der Waals surface area contributed by atoms with Crippen molar-refractivity contribution < 1.29 is 14.5 Å². The highest BCUT2D eigenvalue weighted by Gasteiger charge is 2.11. The number of nitro groups is 1. The Morgan fingerprint density at radius 3 is 2.68 bits per heavy atom. The molecule has 0 spiro atoms. The summed E-state index contributed by atoms with van der Waals surface area (Å²) in [6.07, 6.45) is 2.21. The summed E-state index contributed by atoms with van der Waals surface area (Å²) in [5, 5.41) is 14.9. The van der Waals surface area contributed by atoms with Crippen molar-refractivity contribution in [3.8, 4) is 5.75 Å². The van der Waals surface area contributed by atoms with Crippen LogP contribution in [0.5, 0.6) is 5.75 Å². The number of hydrogen-bond acceptors (Lipinski definition) is 6. The fourth-order valence-electron chi connectivity index (χ4n) is 2.28. The fourth-order valence-corrected chi connectivity index (χ4v) is 3.51. The molecule has 0 saturated carbocycles. The van der Waals surface area contributed by atoms with Crippen LogP contribution in [0, 0.1) is 10.1 Å². The van der Waals surface area contributed by atoms with Crippen LogP contribution in [0.2, 0.25) is 10.0 Å². The first-order chi connectivity index (χ1) is 13.4. The highest BCUT2D eigenvalue weighted by molar-refractivity contribution is 7.15. The number of nitrogens with one attached hydrogen (secondary N) is 1. The minimum Gasteiger partial charge on any atom is -0.484 e. The van der Waals surface area contributed by atoms with Crippen LogP contribution < -0.4 is 10.1 Å². The molecule has 1 heterocycles. The number of ether oxygens (including phenoxy) is 1. The molecule has 28 heavy (non-hydrogen) atoms. The van der Waals surface area contributed by atoms with Gasteiger partial charge in [0.25, 0.3) is 11.6 Å². The molecule has 3 rings (SSSR count). The Labute approximate surface area is 174 Å². The Morgan fingerprint density at radius 1 is 1.21 bits per heavy atom. The van der Waals surface area contributed by atoms with Gasteiger partial charge in [-0.15, -0.1) is 11.3 Å². The number of halogens is 2. The molecule has 0 bridgehead atoms. The van der Waals surface area contributed by atoms with Crippen LogP contribution in [0.25, 0.3) is 0 Å². The zero-order chi connectivity index (χ0) is 20.1. The summed E-state index contributed by atoms with van der Waals surface area (Å²) in [5.74, 6) is -0.0313. The first kappa shape index (κ1) is 20.1. The van der Waals surface area contributed by atoms with Crippen LogP contribution in [0.4, 0.5) is 10.8 Å². The molecule has 0 aliphatic heterocycles. The van der Waals surface area contributed by atoms with Gasteiger partial charge in [0.1, 0.15) is 5.75 Å². The lowest BCUT2D eigenvalue weighted by atomic mass is 10.1. The van der Waals surface area contributed by atoms with E-state index in [4.69, 9.17) is 27.9 Å². The van der Waals surface area contributed by atoms with Gasteiger partial charge in [-0.05, 0) is 35.9 Å². The van der Waals surface area contributed by atoms with Crippen LogP contribution in [0.3, 0.4) is 0 Å². The van der Waals surface area contributed by atoms with E-state index in [-0.39, 0.29) is 18.2 Å². The third-order valence-corrected chi connectivity index (χ3v) is 5.11. The number of hydrogen-bond donors (Lipinski definition) is 1. The van der Waals surface area contributed by atoms with Crippen LogP contribution in [0.15, 0.2) is 48.7 Å². The van der Waals surface area contributed by atoms with Crippen LogP contribution in [-0.4, -0.2) is 22.4 Å². The molecule has 10 heteroatoms. The SMILES string of the molecule is O=C(COc1ccc([N+](=O)[O-])cc1)Nc1ncc(Cc2cc(Cl)ccc2Cl)s1. The Balaban J connectivity index is 1.53. The molecule has 3 aromatic rings. The molecule has 0 fully saturated rings. The summed E-state index contributed by atoms with van der Waals surface area (Å²) in [5.41, 5.74) is 0.823. The van der Waals surface area contributed by atoms with Gasteiger partial charge in [-0.25, -0.2) is 4.98 Å². The number of non-ortho nitro benzene ring substituents is 1. The van der Waals surface area contributed by atoms with Gasteiger partial charge in [0, 0.05) is 39.7 Å². The summed E-state index contributed by atoms with van der Waals surface area (Å²) < 4.78 is 5.32. The molecular weight excluding hydrogens is 425 g/mol. The summed E-state index contributed by atoms with van der Waals surface area (Å²) in [7, 11) is 0. The van der Waals surface area contributed by atoms with E-state index in [0.29, 0.717) is 27.3 Å². The van der Waals surface area contributed by atoms with E-state index < -0.39 is 4.92 Å². The van der Waals surface area contributed by atoms with Gasteiger partial charge in [-0.3, -0.25) is 20.2 Å². The van der Waals surface area contributed by atoms with Gasteiger partial charge in [-0.1, -0.05) is 23.2 Å². The smallest absolute Gasteiger partial charge is 0.269 e. The molecule has 1 amide bonds. The van der Waals surface area contributed by atoms with E-state index >= 15 is 0 Å². The lowest BCUT2D eigenvalue weighted by molar-refractivity contribution is -0.384. The monoisotopic (exact) mass is 437 g/mol. The lowest BCUT2D eigenvalue weighted by Gasteiger charge is -2.05. The zero-order valence-corrected chi connectivity index (χ0v) is 16.6. The van der Waals surface area contributed by atoms with Crippen molar-refractivity contribution >= 4 is 51.3 Å². The Morgan fingerprint density at radius 2 is 1.96 bits per heavy atom. The summed E-state index contributed by atoms with van der Waals surface area (Å²) in [6, 6.07) is 10.7. The zero-order valence-electron chi connectivity index (χ0n) is 14.2. The van der Waals surface area contributed by atoms with E-state index in [1.807, 2.05) is 0 Å². The number of nitro benzene ring substituents is 1. The highest BCUT2D eigenvalue weighted by atomic mass is 35.5. The van der Waals surface area contributed by atoms with Gasteiger partial charge in [0.15, 0.2) is 11.7 Å². The van der Waals surface area contributed by atoms with Crippen molar-refractivity contribution in [2.45, 2.75) is 6.42 Å². The second-order valence-electron chi connectivity index (χ2n) is 5.63. The number of benzene rings is 2. The molecule has 144 valence electrons. The summed E-state index contributed by atoms with van der Waals surface area (Å²) in [4.78, 5) is 27.2. The first-order valence-electron chi connectivity index (χ1n) is 7.96. The summed E-state index contributed by atoms with van der Waals surface area (Å²) in [6.45, 7) is -0.243. The Bertz CT molecular complexity index is 1010.